The molecule has 0 amide bonds. The summed E-state index contributed by atoms with van der Waals surface area (Å²) in [6.07, 6.45) is 3.61. The largest absolute Gasteiger partial charge is 0.506 e. The molecule has 3 aromatic rings. The van der Waals surface area contributed by atoms with Crippen LogP contribution in [0, 0.1) is 6.92 Å². The van der Waals surface area contributed by atoms with Crippen LogP contribution in [0.3, 0.4) is 0 Å². The van der Waals surface area contributed by atoms with E-state index in [0.717, 1.165) is 16.1 Å². The summed E-state index contributed by atoms with van der Waals surface area (Å²) in [5, 5.41) is 16.7. The second-order valence-corrected chi connectivity index (χ2v) is 6.98. The molecule has 0 bridgehead atoms. The van der Waals surface area contributed by atoms with E-state index < -0.39 is 5.97 Å². The van der Waals surface area contributed by atoms with Crippen LogP contribution in [0.25, 0.3) is 10.6 Å². The minimum Gasteiger partial charge on any atom is -0.506 e. The third-order valence-corrected chi connectivity index (χ3v) is 4.83. The van der Waals surface area contributed by atoms with Crippen LogP contribution >= 0.6 is 27.3 Å². The number of hydrogen-bond acceptors (Lipinski definition) is 6. The number of hydrogen-bond donors (Lipinski definition) is 1. The van der Waals surface area contributed by atoms with E-state index in [-0.39, 0.29) is 17.9 Å². The number of carbonyl (C=O) groups is 1. The number of carbonyl (C=O) groups excluding carboxylic acids is 1. The van der Waals surface area contributed by atoms with Gasteiger partial charge in [0.15, 0.2) is 0 Å². The maximum atomic E-state index is 12.2. The van der Waals surface area contributed by atoms with E-state index in [2.05, 4.69) is 26.0 Å². The van der Waals surface area contributed by atoms with Gasteiger partial charge in [-0.05, 0) is 40.5 Å². The molecule has 2 aromatic heterocycles. The van der Waals surface area contributed by atoms with Crippen molar-refractivity contribution < 1.29 is 14.6 Å². The average molecular weight is 408 g/mol. The number of aromatic nitrogens is 3. The lowest BCUT2D eigenvalue weighted by atomic mass is 10.1. The van der Waals surface area contributed by atoms with Crippen molar-refractivity contribution in [3.05, 3.63) is 51.2 Å². The number of aryl methyl sites for hydroxylation is 2. The van der Waals surface area contributed by atoms with Crippen molar-refractivity contribution in [2.45, 2.75) is 13.5 Å². The number of benzene rings is 1. The molecule has 0 aliphatic heterocycles. The molecule has 2 heterocycles. The van der Waals surface area contributed by atoms with E-state index in [4.69, 9.17) is 4.74 Å². The Morgan fingerprint density at radius 1 is 1.46 bits per heavy atom. The lowest BCUT2D eigenvalue weighted by molar-refractivity contribution is 0.0465. The van der Waals surface area contributed by atoms with Gasteiger partial charge >= 0.3 is 5.97 Å². The molecule has 1 N–H and O–H groups in total. The second-order valence-electron chi connectivity index (χ2n) is 5.27. The van der Waals surface area contributed by atoms with Crippen LogP contribution < -0.4 is 0 Å². The molecule has 0 fully saturated rings. The van der Waals surface area contributed by atoms with Gasteiger partial charge in [-0.1, -0.05) is 0 Å². The maximum absolute atomic E-state index is 12.2. The molecule has 0 aliphatic carbocycles. The van der Waals surface area contributed by atoms with Gasteiger partial charge < -0.3 is 9.84 Å². The summed E-state index contributed by atoms with van der Waals surface area (Å²) in [5.41, 5.74) is 2.54. The van der Waals surface area contributed by atoms with Gasteiger partial charge in [0.1, 0.15) is 22.9 Å². The fourth-order valence-electron chi connectivity index (χ4n) is 2.14. The number of nitrogens with zero attached hydrogens (tertiary/aromatic N) is 3. The van der Waals surface area contributed by atoms with Gasteiger partial charge in [-0.2, -0.15) is 5.10 Å². The summed E-state index contributed by atoms with van der Waals surface area (Å²) in [4.78, 5) is 16.6. The quantitative estimate of drug-likeness (QED) is 0.667. The Hall–Kier alpha value is -2.19. The predicted molar refractivity (Wildman–Crippen MR) is 94.0 cm³/mol. The van der Waals surface area contributed by atoms with E-state index >= 15 is 0 Å². The summed E-state index contributed by atoms with van der Waals surface area (Å²) in [6.45, 7) is 1.88. The lowest BCUT2D eigenvalue weighted by Gasteiger charge is -2.07. The normalized spacial score (nSPS) is 10.8. The first kappa shape index (κ1) is 16.7. The number of phenolic OH excluding ortho intramolecular Hbond substituents is 1. The molecule has 0 saturated heterocycles. The Balaban J connectivity index is 1.70. The first-order valence-corrected chi connectivity index (χ1v) is 8.71. The van der Waals surface area contributed by atoms with Crippen molar-refractivity contribution in [3.63, 3.8) is 0 Å². The average Bonchev–Trinajstić information content (AvgIpc) is 3.17. The van der Waals surface area contributed by atoms with Crippen molar-refractivity contribution in [2.75, 3.05) is 0 Å². The monoisotopic (exact) mass is 407 g/mol. The number of thiazole rings is 1. The highest BCUT2D eigenvalue weighted by molar-refractivity contribution is 9.10. The molecule has 8 heteroatoms. The van der Waals surface area contributed by atoms with E-state index in [0.29, 0.717) is 10.2 Å². The second kappa shape index (κ2) is 6.74. The predicted octanol–water partition coefficient (Wildman–Crippen LogP) is 3.68. The van der Waals surface area contributed by atoms with Gasteiger partial charge in [-0.3, -0.25) is 4.68 Å². The van der Waals surface area contributed by atoms with Crippen LogP contribution in [0.15, 0.2) is 34.4 Å². The molecule has 124 valence electrons. The number of halogens is 1. The number of ether oxygens (including phenoxy) is 1. The minimum atomic E-state index is -0.590. The zero-order valence-corrected chi connectivity index (χ0v) is 15.4. The molecule has 24 heavy (non-hydrogen) atoms. The SMILES string of the molecule is Cc1cc(Br)c(O)c(C(=O)OCc2csc(-c3cnn(C)c3)n2)c1. The van der Waals surface area contributed by atoms with Gasteiger partial charge in [0.05, 0.1) is 16.4 Å². The van der Waals surface area contributed by atoms with Crippen LogP contribution in [-0.4, -0.2) is 25.8 Å². The van der Waals surface area contributed by atoms with Crippen molar-refractivity contribution in [2.24, 2.45) is 7.05 Å². The molecule has 3 rings (SSSR count). The van der Waals surface area contributed by atoms with Crippen molar-refractivity contribution >= 4 is 33.2 Å². The first-order chi connectivity index (χ1) is 11.4. The number of rotatable bonds is 4. The Morgan fingerprint density at radius 3 is 2.96 bits per heavy atom. The van der Waals surface area contributed by atoms with Crippen LogP contribution in [0.5, 0.6) is 5.75 Å². The fraction of sp³-hybridized carbons (Fsp3) is 0.188. The first-order valence-electron chi connectivity index (χ1n) is 7.03. The number of esters is 1. The molecule has 1 aromatic carbocycles. The topological polar surface area (TPSA) is 77.2 Å². The summed E-state index contributed by atoms with van der Waals surface area (Å²) >= 11 is 4.67. The molecular weight excluding hydrogens is 394 g/mol. The Morgan fingerprint density at radius 2 is 2.25 bits per heavy atom. The maximum Gasteiger partial charge on any atom is 0.342 e. The zero-order chi connectivity index (χ0) is 17.3. The Kier molecular flexibility index (Phi) is 4.68. The fourth-order valence-corrected chi connectivity index (χ4v) is 3.50. The van der Waals surface area contributed by atoms with Crippen molar-refractivity contribution in [1.82, 2.24) is 14.8 Å². The smallest absolute Gasteiger partial charge is 0.342 e. The van der Waals surface area contributed by atoms with Gasteiger partial charge in [-0.25, -0.2) is 9.78 Å². The molecule has 0 saturated carbocycles. The molecule has 0 spiro atoms. The third-order valence-electron chi connectivity index (χ3n) is 3.28. The van der Waals surface area contributed by atoms with E-state index in [1.165, 1.54) is 11.3 Å². The highest BCUT2D eigenvalue weighted by Gasteiger charge is 2.17. The molecular formula is C16H14BrN3O3S. The lowest BCUT2D eigenvalue weighted by Crippen LogP contribution is -2.06. The Bertz CT molecular complexity index is 904. The zero-order valence-electron chi connectivity index (χ0n) is 13.0. The van der Waals surface area contributed by atoms with E-state index in [1.54, 1.807) is 23.0 Å². The highest BCUT2D eigenvalue weighted by atomic mass is 79.9. The van der Waals surface area contributed by atoms with Crippen LogP contribution in [0.1, 0.15) is 21.6 Å². The van der Waals surface area contributed by atoms with Crippen LogP contribution in [0.2, 0.25) is 0 Å². The minimum absolute atomic E-state index is 0.0423. The molecule has 0 unspecified atom stereocenters. The van der Waals surface area contributed by atoms with E-state index in [1.807, 2.05) is 25.5 Å². The molecule has 6 nitrogen and oxygen atoms in total. The van der Waals surface area contributed by atoms with Crippen molar-refractivity contribution in [3.8, 4) is 16.3 Å². The third kappa shape index (κ3) is 3.49. The number of aromatic hydroxyl groups is 1. The Labute approximate surface area is 150 Å². The van der Waals surface area contributed by atoms with Gasteiger partial charge in [-0.15, -0.1) is 11.3 Å². The van der Waals surface area contributed by atoms with Gasteiger partial charge in [0, 0.05) is 24.2 Å². The molecule has 0 aliphatic rings. The van der Waals surface area contributed by atoms with Gasteiger partial charge in [0.25, 0.3) is 0 Å². The number of phenols is 1. The summed E-state index contributed by atoms with van der Waals surface area (Å²) in [6, 6.07) is 3.32. The molecule has 0 atom stereocenters. The summed E-state index contributed by atoms with van der Waals surface area (Å²) in [7, 11) is 1.84. The van der Waals surface area contributed by atoms with Crippen LogP contribution in [-0.2, 0) is 18.4 Å². The van der Waals surface area contributed by atoms with E-state index in [9.17, 15) is 9.90 Å². The standard InChI is InChI=1S/C16H14BrN3O3S/c1-9-3-12(14(21)13(17)4-9)16(22)23-7-11-8-24-15(19-11)10-5-18-20(2)6-10/h3-6,8,21H,7H2,1-2H3. The highest BCUT2D eigenvalue weighted by Crippen LogP contribution is 2.30. The summed E-state index contributed by atoms with van der Waals surface area (Å²) < 4.78 is 7.43. The van der Waals surface area contributed by atoms with Gasteiger partial charge in [0.2, 0.25) is 0 Å². The molecule has 0 radical (unpaired) electrons. The van der Waals surface area contributed by atoms with Crippen LogP contribution in [0.4, 0.5) is 0 Å². The van der Waals surface area contributed by atoms with Crippen molar-refractivity contribution in [1.29, 1.82) is 0 Å². The summed E-state index contributed by atoms with van der Waals surface area (Å²) in [5.74, 6) is -0.715.